The van der Waals surface area contributed by atoms with Crippen molar-refractivity contribution in [2.45, 2.75) is 31.8 Å². The minimum atomic E-state index is 0.0629. The molecular formula is C24H31N3O3. The third-order valence-corrected chi connectivity index (χ3v) is 5.81. The summed E-state index contributed by atoms with van der Waals surface area (Å²) in [6.45, 7) is 3.27. The van der Waals surface area contributed by atoms with Gasteiger partial charge in [0.05, 0.1) is 19.8 Å². The topological polar surface area (TPSA) is 54.0 Å². The number of anilines is 1. The molecule has 6 heteroatoms. The van der Waals surface area contributed by atoms with E-state index in [4.69, 9.17) is 9.47 Å². The summed E-state index contributed by atoms with van der Waals surface area (Å²) in [7, 11) is 4.04. The molecule has 0 bridgehead atoms. The van der Waals surface area contributed by atoms with Gasteiger partial charge in [-0.05, 0) is 54.8 Å². The Kier molecular flexibility index (Phi) is 6.43. The Morgan fingerprint density at radius 2 is 1.83 bits per heavy atom. The number of nitrogens with one attached hydrogen (secondary N) is 1. The fourth-order valence-corrected chi connectivity index (χ4v) is 4.13. The number of carbonyl (C=O) groups is 1. The molecule has 2 aromatic carbocycles. The van der Waals surface area contributed by atoms with Crippen LogP contribution < -0.4 is 19.7 Å². The van der Waals surface area contributed by atoms with E-state index < -0.39 is 0 Å². The number of hydrogen-bond donors (Lipinski definition) is 1. The first-order chi connectivity index (χ1) is 14.6. The molecule has 1 fully saturated rings. The molecule has 0 radical (unpaired) electrons. The summed E-state index contributed by atoms with van der Waals surface area (Å²) in [5.41, 5.74) is 3.46. The van der Waals surface area contributed by atoms with Gasteiger partial charge in [0.2, 0.25) is 5.91 Å². The SMILES string of the molecule is CN(C)c1ccc(CNC(=O)CN2CCC[C@H]2c2ccc3c(c2)OCCCO3)cc1. The van der Waals surface area contributed by atoms with Crippen LogP contribution in [0.4, 0.5) is 5.69 Å². The highest BCUT2D eigenvalue weighted by Crippen LogP contribution is 2.37. The molecule has 0 aliphatic carbocycles. The van der Waals surface area contributed by atoms with Crippen molar-refractivity contribution >= 4 is 11.6 Å². The molecule has 6 nitrogen and oxygen atoms in total. The Bertz CT molecular complexity index is 866. The summed E-state index contributed by atoms with van der Waals surface area (Å²) in [6.07, 6.45) is 3.05. The van der Waals surface area contributed by atoms with Crippen molar-refractivity contribution in [3.63, 3.8) is 0 Å². The van der Waals surface area contributed by atoms with Gasteiger partial charge >= 0.3 is 0 Å². The summed E-state index contributed by atoms with van der Waals surface area (Å²) >= 11 is 0. The Balaban J connectivity index is 1.34. The maximum absolute atomic E-state index is 12.6. The molecular weight excluding hydrogens is 378 g/mol. The molecule has 2 aliphatic rings. The second-order valence-corrected chi connectivity index (χ2v) is 8.22. The monoisotopic (exact) mass is 409 g/mol. The van der Waals surface area contributed by atoms with Gasteiger partial charge in [-0.2, -0.15) is 0 Å². The summed E-state index contributed by atoms with van der Waals surface area (Å²) in [6, 6.07) is 14.7. The second kappa shape index (κ2) is 9.39. The first kappa shape index (κ1) is 20.5. The van der Waals surface area contributed by atoms with Crippen LogP contribution in [0.1, 0.15) is 36.4 Å². The summed E-state index contributed by atoms with van der Waals surface area (Å²) in [4.78, 5) is 16.9. The highest BCUT2D eigenvalue weighted by atomic mass is 16.5. The molecule has 2 aromatic rings. The quantitative estimate of drug-likeness (QED) is 0.793. The maximum atomic E-state index is 12.6. The predicted octanol–water partition coefficient (Wildman–Crippen LogP) is 3.37. The van der Waals surface area contributed by atoms with Crippen molar-refractivity contribution in [3.8, 4) is 11.5 Å². The van der Waals surface area contributed by atoms with E-state index in [1.807, 2.05) is 20.2 Å². The van der Waals surface area contributed by atoms with Crippen LogP contribution >= 0.6 is 0 Å². The van der Waals surface area contributed by atoms with Gasteiger partial charge in [0.25, 0.3) is 0 Å². The molecule has 0 spiro atoms. The van der Waals surface area contributed by atoms with Crippen LogP contribution in [0.2, 0.25) is 0 Å². The van der Waals surface area contributed by atoms with E-state index in [0.717, 1.165) is 48.6 Å². The van der Waals surface area contributed by atoms with Gasteiger partial charge < -0.3 is 19.7 Å². The number of rotatable bonds is 6. The zero-order chi connectivity index (χ0) is 20.9. The van der Waals surface area contributed by atoms with Crippen LogP contribution in [0, 0.1) is 0 Å². The van der Waals surface area contributed by atoms with Gasteiger partial charge in [-0.1, -0.05) is 18.2 Å². The van der Waals surface area contributed by atoms with E-state index in [9.17, 15) is 4.79 Å². The number of likely N-dealkylation sites (tertiary alicyclic amines) is 1. The van der Waals surface area contributed by atoms with Crippen molar-refractivity contribution in [1.29, 1.82) is 0 Å². The number of benzene rings is 2. The molecule has 1 saturated heterocycles. The molecule has 30 heavy (non-hydrogen) atoms. The molecule has 0 saturated carbocycles. The summed E-state index contributed by atoms with van der Waals surface area (Å²) in [5.74, 6) is 1.70. The highest BCUT2D eigenvalue weighted by Gasteiger charge is 2.28. The lowest BCUT2D eigenvalue weighted by Gasteiger charge is -2.25. The smallest absolute Gasteiger partial charge is 0.234 e. The molecule has 4 rings (SSSR count). The Morgan fingerprint density at radius 1 is 1.07 bits per heavy atom. The molecule has 0 aromatic heterocycles. The third-order valence-electron chi connectivity index (χ3n) is 5.81. The number of fused-ring (bicyclic) bond motifs is 1. The molecule has 1 amide bonds. The van der Waals surface area contributed by atoms with E-state index in [-0.39, 0.29) is 11.9 Å². The number of ether oxygens (including phenoxy) is 2. The zero-order valence-electron chi connectivity index (χ0n) is 17.9. The number of nitrogens with zero attached hydrogens (tertiary/aromatic N) is 2. The Labute approximate surface area is 178 Å². The highest BCUT2D eigenvalue weighted by molar-refractivity contribution is 5.78. The van der Waals surface area contributed by atoms with Gasteiger partial charge in [0, 0.05) is 38.8 Å². The largest absolute Gasteiger partial charge is 0.490 e. The maximum Gasteiger partial charge on any atom is 0.234 e. The van der Waals surface area contributed by atoms with Gasteiger partial charge in [-0.25, -0.2) is 0 Å². The zero-order valence-corrected chi connectivity index (χ0v) is 17.9. The molecule has 2 aliphatic heterocycles. The molecule has 160 valence electrons. The van der Waals surface area contributed by atoms with Crippen molar-refractivity contribution in [2.75, 3.05) is 45.3 Å². The molecule has 1 atom stereocenters. The predicted molar refractivity (Wildman–Crippen MR) is 118 cm³/mol. The Hall–Kier alpha value is -2.73. The van der Waals surface area contributed by atoms with E-state index in [1.165, 1.54) is 5.56 Å². The minimum absolute atomic E-state index is 0.0629. The van der Waals surface area contributed by atoms with E-state index >= 15 is 0 Å². The number of hydrogen-bond acceptors (Lipinski definition) is 5. The van der Waals surface area contributed by atoms with Crippen molar-refractivity contribution in [2.24, 2.45) is 0 Å². The number of carbonyl (C=O) groups excluding carboxylic acids is 1. The first-order valence-electron chi connectivity index (χ1n) is 10.8. The van der Waals surface area contributed by atoms with Crippen molar-refractivity contribution in [1.82, 2.24) is 10.2 Å². The van der Waals surface area contributed by atoms with Gasteiger partial charge in [-0.3, -0.25) is 9.69 Å². The first-order valence-corrected chi connectivity index (χ1v) is 10.8. The number of amides is 1. The Morgan fingerprint density at radius 3 is 2.60 bits per heavy atom. The minimum Gasteiger partial charge on any atom is -0.490 e. The van der Waals surface area contributed by atoms with Crippen LogP contribution in [0.5, 0.6) is 11.5 Å². The van der Waals surface area contributed by atoms with Gasteiger partial charge in [0.1, 0.15) is 0 Å². The molecule has 1 N–H and O–H groups in total. The van der Waals surface area contributed by atoms with Crippen molar-refractivity contribution in [3.05, 3.63) is 53.6 Å². The fourth-order valence-electron chi connectivity index (χ4n) is 4.13. The lowest BCUT2D eigenvalue weighted by molar-refractivity contribution is -0.122. The molecule has 2 heterocycles. The summed E-state index contributed by atoms with van der Waals surface area (Å²) < 4.78 is 11.6. The van der Waals surface area contributed by atoms with E-state index in [0.29, 0.717) is 26.3 Å². The molecule has 0 unspecified atom stereocenters. The third kappa shape index (κ3) is 4.87. The van der Waals surface area contributed by atoms with Crippen LogP contribution in [-0.2, 0) is 11.3 Å². The van der Waals surface area contributed by atoms with E-state index in [2.05, 4.69) is 51.5 Å². The van der Waals surface area contributed by atoms with Gasteiger partial charge in [0.15, 0.2) is 11.5 Å². The lowest BCUT2D eigenvalue weighted by atomic mass is 10.0. The van der Waals surface area contributed by atoms with E-state index in [1.54, 1.807) is 0 Å². The van der Waals surface area contributed by atoms with Crippen LogP contribution in [-0.4, -0.2) is 51.2 Å². The lowest BCUT2D eigenvalue weighted by Crippen LogP contribution is -2.36. The van der Waals surface area contributed by atoms with Crippen molar-refractivity contribution < 1.29 is 14.3 Å². The fraction of sp³-hybridized carbons (Fsp3) is 0.458. The van der Waals surface area contributed by atoms with Crippen LogP contribution in [0.15, 0.2) is 42.5 Å². The van der Waals surface area contributed by atoms with Crippen LogP contribution in [0.3, 0.4) is 0 Å². The van der Waals surface area contributed by atoms with Crippen LogP contribution in [0.25, 0.3) is 0 Å². The average molecular weight is 410 g/mol. The second-order valence-electron chi connectivity index (χ2n) is 8.22. The normalized spacial score (nSPS) is 18.7. The standard InChI is InChI=1S/C24H31N3O3/c1-26(2)20-9-6-18(7-10-20)16-25-24(28)17-27-12-3-5-21(27)19-8-11-22-23(15-19)30-14-4-13-29-22/h6-11,15,21H,3-5,12-14,16-17H2,1-2H3,(H,25,28)/t21-/m0/s1. The van der Waals surface area contributed by atoms with Gasteiger partial charge in [-0.15, -0.1) is 0 Å². The summed E-state index contributed by atoms with van der Waals surface area (Å²) in [5, 5.41) is 3.07. The average Bonchev–Trinajstić information content (AvgIpc) is 3.07.